The second kappa shape index (κ2) is 10.3. The summed E-state index contributed by atoms with van der Waals surface area (Å²) >= 11 is 6.96. The Morgan fingerprint density at radius 2 is 1.81 bits per heavy atom. The van der Waals surface area contributed by atoms with E-state index in [1.54, 1.807) is 12.1 Å². The molecular weight excluding hydrogens is 456 g/mol. The van der Waals surface area contributed by atoms with E-state index in [1.165, 1.54) is 4.31 Å². The van der Waals surface area contributed by atoms with Crippen molar-refractivity contribution in [2.45, 2.75) is 50.5 Å². The number of carbonyl (C=O) groups is 1. The Bertz CT molecular complexity index is 981. The summed E-state index contributed by atoms with van der Waals surface area (Å²) in [7, 11) is -3.51. The van der Waals surface area contributed by atoms with Gasteiger partial charge < -0.3 is 10.1 Å². The molecular formula is C22H29ClN2O4S2. The van der Waals surface area contributed by atoms with Crippen molar-refractivity contribution < 1.29 is 17.9 Å². The largest absolute Gasteiger partial charge is 0.491 e. The van der Waals surface area contributed by atoms with Gasteiger partial charge in [-0.05, 0) is 62.4 Å². The van der Waals surface area contributed by atoms with Gasteiger partial charge in [0.2, 0.25) is 5.91 Å². The first kappa shape index (κ1) is 24.0. The third kappa shape index (κ3) is 6.22. The molecule has 0 saturated carbocycles. The van der Waals surface area contributed by atoms with E-state index in [0.717, 1.165) is 22.6 Å². The molecule has 0 bridgehead atoms. The first-order valence-electron chi connectivity index (χ1n) is 10.5. The van der Waals surface area contributed by atoms with Gasteiger partial charge in [-0.1, -0.05) is 30.7 Å². The van der Waals surface area contributed by atoms with Gasteiger partial charge in [0.1, 0.15) is 9.96 Å². The van der Waals surface area contributed by atoms with Gasteiger partial charge >= 0.3 is 0 Å². The second-order valence-electron chi connectivity index (χ2n) is 8.12. The lowest BCUT2D eigenvalue weighted by Crippen LogP contribution is -2.42. The number of carbonyl (C=O) groups excluding carboxylic acids is 1. The van der Waals surface area contributed by atoms with E-state index in [0.29, 0.717) is 36.8 Å². The van der Waals surface area contributed by atoms with E-state index >= 15 is 0 Å². The SMILES string of the molecule is CC(C)Oc1ccc(CNC(=O)[C@@H](C)C2CCN(S(=O)(=O)c3ccc(Cl)s3)CC2)cc1. The van der Waals surface area contributed by atoms with Crippen molar-refractivity contribution in [1.29, 1.82) is 0 Å². The van der Waals surface area contributed by atoms with E-state index in [1.807, 2.05) is 45.0 Å². The molecule has 1 amide bonds. The summed E-state index contributed by atoms with van der Waals surface area (Å²) in [5.41, 5.74) is 1.01. The fourth-order valence-corrected chi connectivity index (χ4v) is 6.81. The molecule has 2 aromatic rings. The van der Waals surface area contributed by atoms with Crippen molar-refractivity contribution in [3.63, 3.8) is 0 Å². The molecule has 1 aliphatic rings. The van der Waals surface area contributed by atoms with Crippen LogP contribution < -0.4 is 10.1 Å². The number of nitrogens with one attached hydrogen (secondary N) is 1. The highest BCUT2D eigenvalue weighted by atomic mass is 35.5. The Hall–Kier alpha value is -1.61. The molecule has 2 heterocycles. The number of nitrogens with zero attached hydrogens (tertiary/aromatic N) is 1. The van der Waals surface area contributed by atoms with Crippen molar-refractivity contribution in [1.82, 2.24) is 9.62 Å². The zero-order valence-corrected chi connectivity index (χ0v) is 20.4. The van der Waals surface area contributed by atoms with Crippen LogP contribution in [0.3, 0.4) is 0 Å². The van der Waals surface area contributed by atoms with Crippen LogP contribution in [0.2, 0.25) is 4.34 Å². The minimum atomic E-state index is -3.51. The topological polar surface area (TPSA) is 75.7 Å². The van der Waals surface area contributed by atoms with Crippen LogP contribution in [0.25, 0.3) is 0 Å². The number of rotatable bonds is 8. The second-order valence-corrected chi connectivity index (χ2v) is 12.0. The lowest BCUT2D eigenvalue weighted by atomic mass is 9.85. The van der Waals surface area contributed by atoms with E-state index in [2.05, 4.69) is 5.32 Å². The summed E-state index contributed by atoms with van der Waals surface area (Å²) in [6.07, 6.45) is 1.44. The molecule has 1 aromatic heterocycles. The quantitative estimate of drug-likeness (QED) is 0.596. The number of hydrogen-bond acceptors (Lipinski definition) is 5. The molecule has 170 valence electrons. The minimum Gasteiger partial charge on any atom is -0.491 e. The van der Waals surface area contributed by atoms with Crippen LogP contribution in [0.1, 0.15) is 39.2 Å². The summed E-state index contributed by atoms with van der Waals surface area (Å²) < 4.78 is 33.3. The van der Waals surface area contributed by atoms with Crippen molar-refractivity contribution in [2.24, 2.45) is 11.8 Å². The number of ether oxygens (including phenoxy) is 1. The Labute approximate surface area is 193 Å². The molecule has 1 atom stereocenters. The van der Waals surface area contributed by atoms with Crippen LogP contribution in [0.15, 0.2) is 40.6 Å². The van der Waals surface area contributed by atoms with E-state index in [4.69, 9.17) is 16.3 Å². The molecule has 6 nitrogen and oxygen atoms in total. The Morgan fingerprint density at radius 3 is 2.35 bits per heavy atom. The summed E-state index contributed by atoms with van der Waals surface area (Å²) in [6, 6.07) is 10.9. The number of amides is 1. The van der Waals surface area contributed by atoms with E-state index in [-0.39, 0.29) is 28.1 Å². The Kier molecular flexibility index (Phi) is 8.02. The lowest BCUT2D eigenvalue weighted by molar-refractivity contribution is -0.126. The lowest BCUT2D eigenvalue weighted by Gasteiger charge is -2.33. The van der Waals surface area contributed by atoms with Gasteiger partial charge in [0.25, 0.3) is 10.0 Å². The minimum absolute atomic E-state index is 0.00569. The van der Waals surface area contributed by atoms with Crippen LogP contribution in [-0.4, -0.2) is 37.8 Å². The Balaban J connectivity index is 1.48. The van der Waals surface area contributed by atoms with Crippen LogP contribution >= 0.6 is 22.9 Å². The smallest absolute Gasteiger partial charge is 0.252 e. The normalized spacial score (nSPS) is 16.9. The molecule has 0 unspecified atom stereocenters. The summed E-state index contributed by atoms with van der Waals surface area (Å²) in [6.45, 7) is 7.16. The van der Waals surface area contributed by atoms with Crippen LogP contribution in [0, 0.1) is 11.8 Å². The van der Waals surface area contributed by atoms with Gasteiger partial charge in [-0.15, -0.1) is 11.3 Å². The molecule has 1 N–H and O–H groups in total. The van der Waals surface area contributed by atoms with Gasteiger partial charge in [-0.2, -0.15) is 4.31 Å². The average Bonchev–Trinajstić information content (AvgIpc) is 3.19. The first-order chi connectivity index (χ1) is 14.7. The molecule has 0 aliphatic carbocycles. The summed E-state index contributed by atoms with van der Waals surface area (Å²) in [5.74, 6) is 0.781. The molecule has 1 saturated heterocycles. The highest BCUT2D eigenvalue weighted by Gasteiger charge is 2.34. The van der Waals surface area contributed by atoms with Gasteiger partial charge in [0, 0.05) is 25.6 Å². The van der Waals surface area contributed by atoms with Gasteiger partial charge in [-0.25, -0.2) is 8.42 Å². The predicted octanol–water partition coefficient (Wildman–Crippen LogP) is 4.54. The van der Waals surface area contributed by atoms with Crippen LogP contribution in [0.5, 0.6) is 5.75 Å². The third-order valence-corrected chi connectivity index (χ3v) is 9.12. The molecule has 1 aliphatic heterocycles. The molecule has 0 spiro atoms. The summed E-state index contributed by atoms with van der Waals surface area (Å²) in [5, 5.41) is 3.00. The van der Waals surface area contributed by atoms with Crippen molar-refractivity contribution >= 4 is 38.9 Å². The Morgan fingerprint density at radius 1 is 1.16 bits per heavy atom. The summed E-state index contributed by atoms with van der Waals surface area (Å²) in [4.78, 5) is 12.7. The monoisotopic (exact) mass is 484 g/mol. The number of sulfonamides is 1. The number of piperidine rings is 1. The fraction of sp³-hybridized carbons (Fsp3) is 0.500. The maximum Gasteiger partial charge on any atom is 0.252 e. The zero-order valence-electron chi connectivity index (χ0n) is 18.0. The van der Waals surface area contributed by atoms with Crippen LogP contribution in [-0.2, 0) is 21.4 Å². The third-order valence-electron chi connectivity index (χ3n) is 5.52. The van der Waals surface area contributed by atoms with Crippen molar-refractivity contribution in [3.8, 4) is 5.75 Å². The molecule has 1 aromatic carbocycles. The van der Waals surface area contributed by atoms with Crippen molar-refractivity contribution in [3.05, 3.63) is 46.3 Å². The standard InChI is InChI=1S/C22H29ClN2O4S2/c1-15(2)29-19-6-4-17(5-7-19)14-24-22(26)16(3)18-10-12-25(13-11-18)31(27,28)21-9-8-20(23)30-21/h4-9,15-16,18H,10-14H2,1-3H3,(H,24,26)/t16-/m0/s1. The van der Waals surface area contributed by atoms with Crippen LogP contribution in [0.4, 0.5) is 0 Å². The number of benzene rings is 1. The molecule has 0 radical (unpaired) electrons. The zero-order chi connectivity index (χ0) is 22.6. The fourth-order valence-electron chi connectivity index (χ4n) is 3.70. The van der Waals surface area contributed by atoms with Crippen molar-refractivity contribution in [2.75, 3.05) is 13.1 Å². The number of hydrogen-bond donors (Lipinski definition) is 1. The molecule has 1 fully saturated rings. The molecule has 9 heteroatoms. The first-order valence-corrected chi connectivity index (χ1v) is 13.1. The molecule has 31 heavy (non-hydrogen) atoms. The number of thiophene rings is 1. The van der Waals surface area contributed by atoms with Gasteiger partial charge in [0.15, 0.2) is 0 Å². The predicted molar refractivity (Wildman–Crippen MR) is 124 cm³/mol. The maximum absolute atomic E-state index is 12.7. The van der Waals surface area contributed by atoms with E-state index < -0.39 is 10.0 Å². The van der Waals surface area contributed by atoms with Gasteiger partial charge in [0.05, 0.1) is 10.4 Å². The average molecular weight is 485 g/mol. The molecule has 3 rings (SSSR count). The van der Waals surface area contributed by atoms with E-state index in [9.17, 15) is 13.2 Å². The highest BCUT2D eigenvalue weighted by molar-refractivity contribution is 7.91. The maximum atomic E-state index is 12.7. The van der Waals surface area contributed by atoms with Gasteiger partial charge in [-0.3, -0.25) is 4.79 Å². The highest BCUT2D eigenvalue weighted by Crippen LogP contribution is 2.32. The number of halogens is 1.